The van der Waals surface area contributed by atoms with Gasteiger partial charge in [0.15, 0.2) is 0 Å². The SMILES string of the molecule is CC12CCC(C1)C(C)(C)C2(O)c1ccc(Cl)cc1F. The van der Waals surface area contributed by atoms with Gasteiger partial charge in [0.25, 0.3) is 0 Å². The molecule has 3 heteroatoms. The molecule has 2 saturated carbocycles. The maximum absolute atomic E-state index is 14.3. The van der Waals surface area contributed by atoms with Crippen LogP contribution in [0.4, 0.5) is 4.39 Å². The molecule has 1 nitrogen and oxygen atoms in total. The van der Waals surface area contributed by atoms with Gasteiger partial charge < -0.3 is 5.11 Å². The molecule has 1 N–H and O–H groups in total. The first-order valence-electron chi connectivity index (χ1n) is 6.90. The predicted molar refractivity (Wildman–Crippen MR) is 74.5 cm³/mol. The first kappa shape index (κ1) is 13.4. The molecule has 3 unspecified atom stereocenters. The van der Waals surface area contributed by atoms with Crippen LogP contribution in [0, 0.1) is 22.6 Å². The number of hydrogen-bond donors (Lipinski definition) is 1. The van der Waals surface area contributed by atoms with E-state index in [9.17, 15) is 9.50 Å². The third-order valence-corrected chi connectivity index (χ3v) is 6.12. The highest BCUT2D eigenvalue weighted by atomic mass is 35.5. The normalized spacial score (nSPS) is 39.8. The number of hydrogen-bond acceptors (Lipinski definition) is 1. The molecule has 0 amide bonds. The fourth-order valence-electron chi connectivity index (χ4n) is 4.71. The number of fused-ring (bicyclic) bond motifs is 2. The lowest BCUT2D eigenvalue weighted by atomic mass is 9.57. The zero-order chi connectivity index (χ0) is 14.1. The molecule has 3 rings (SSSR count). The van der Waals surface area contributed by atoms with E-state index in [1.54, 1.807) is 12.1 Å². The number of halogens is 2. The Kier molecular flexibility index (Phi) is 2.63. The maximum atomic E-state index is 14.3. The van der Waals surface area contributed by atoms with Crippen molar-refractivity contribution in [3.8, 4) is 0 Å². The van der Waals surface area contributed by atoms with Gasteiger partial charge in [-0.2, -0.15) is 0 Å². The Morgan fingerprint density at radius 1 is 1.32 bits per heavy atom. The summed E-state index contributed by atoms with van der Waals surface area (Å²) >= 11 is 5.83. The Hall–Kier alpha value is -0.600. The summed E-state index contributed by atoms with van der Waals surface area (Å²) in [6.07, 6.45) is 3.05. The molecule has 2 fully saturated rings. The van der Waals surface area contributed by atoms with Crippen LogP contribution in [0.15, 0.2) is 18.2 Å². The predicted octanol–water partition coefficient (Wildman–Crippen LogP) is 4.51. The molecule has 0 saturated heterocycles. The van der Waals surface area contributed by atoms with Crippen LogP contribution in [0.25, 0.3) is 0 Å². The molecule has 0 spiro atoms. The van der Waals surface area contributed by atoms with E-state index in [0.717, 1.165) is 19.3 Å². The third kappa shape index (κ3) is 1.45. The van der Waals surface area contributed by atoms with Crippen LogP contribution in [0.5, 0.6) is 0 Å². The number of aliphatic hydroxyl groups is 1. The van der Waals surface area contributed by atoms with Crippen LogP contribution in [0.2, 0.25) is 5.02 Å². The molecule has 3 atom stereocenters. The summed E-state index contributed by atoms with van der Waals surface area (Å²) in [4.78, 5) is 0. The molecular weight excluding hydrogens is 263 g/mol. The first-order valence-corrected chi connectivity index (χ1v) is 7.28. The molecule has 0 heterocycles. The van der Waals surface area contributed by atoms with Crippen molar-refractivity contribution in [2.45, 2.75) is 45.6 Å². The number of benzene rings is 1. The average Bonchev–Trinajstić information content (AvgIpc) is 2.77. The highest BCUT2D eigenvalue weighted by molar-refractivity contribution is 6.30. The van der Waals surface area contributed by atoms with E-state index in [1.807, 2.05) is 0 Å². The molecule has 0 radical (unpaired) electrons. The summed E-state index contributed by atoms with van der Waals surface area (Å²) in [6.45, 7) is 6.22. The van der Waals surface area contributed by atoms with E-state index < -0.39 is 11.4 Å². The maximum Gasteiger partial charge on any atom is 0.130 e. The lowest BCUT2D eigenvalue weighted by Crippen LogP contribution is -2.51. The Bertz CT molecular complexity index is 535. The van der Waals surface area contributed by atoms with E-state index in [0.29, 0.717) is 16.5 Å². The van der Waals surface area contributed by atoms with Crippen molar-refractivity contribution in [3.05, 3.63) is 34.6 Å². The zero-order valence-electron chi connectivity index (χ0n) is 11.6. The van der Waals surface area contributed by atoms with Crippen molar-refractivity contribution in [1.29, 1.82) is 0 Å². The molecule has 2 aliphatic rings. The Morgan fingerprint density at radius 3 is 2.53 bits per heavy atom. The van der Waals surface area contributed by atoms with Crippen molar-refractivity contribution >= 4 is 11.6 Å². The highest BCUT2D eigenvalue weighted by Crippen LogP contribution is 2.71. The van der Waals surface area contributed by atoms with Crippen LogP contribution >= 0.6 is 11.6 Å². The van der Waals surface area contributed by atoms with E-state index in [2.05, 4.69) is 20.8 Å². The fourth-order valence-corrected chi connectivity index (χ4v) is 4.87. The van der Waals surface area contributed by atoms with Crippen molar-refractivity contribution in [3.63, 3.8) is 0 Å². The Labute approximate surface area is 118 Å². The lowest BCUT2D eigenvalue weighted by Gasteiger charge is -2.51. The minimum Gasteiger partial charge on any atom is -0.384 e. The highest BCUT2D eigenvalue weighted by Gasteiger charge is 2.69. The quantitative estimate of drug-likeness (QED) is 0.803. The van der Waals surface area contributed by atoms with Gasteiger partial charge in [-0.15, -0.1) is 0 Å². The monoisotopic (exact) mass is 282 g/mol. The molecule has 0 aliphatic heterocycles. The molecule has 2 bridgehead atoms. The van der Waals surface area contributed by atoms with Crippen molar-refractivity contribution < 1.29 is 9.50 Å². The molecule has 2 aliphatic carbocycles. The topological polar surface area (TPSA) is 20.2 Å². The van der Waals surface area contributed by atoms with Crippen molar-refractivity contribution in [1.82, 2.24) is 0 Å². The van der Waals surface area contributed by atoms with Gasteiger partial charge >= 0.3 is 0 Å². The molecule has 1 aromatic rings. The van der Waals surface area contributed by atoms with Gasteiger partial charge in [0.1, 0.15) is 11.4 Å². The van der Waals surface area contributed by atoms with Crippen LogP contribution in [0.1, 0.15) is 45.6 Å². The molecular formula is C16H20ClFO. The van der Waals surface area contributed by atoms with Crippen LogP contribution in [0.3, 0.4) is 0 Å². The largest absolute Gasteiger partial charge is 0.384 e. The zero-order valence-corrected chi connectivity index (χ0v) is 12.4. The lowest BCUT2D eigenvalue weighted by molar-refractivity contribution is -0.152. The second kappa shape index (κ2) is 3.73. The van der Waals surface area contributed by atoms with Crippen LogP contribution < -0.4 is 0 Å². The minimum atomic E-state index is -1.11. The minimum absolute atomic E-state index is 0.240. The van der Waals surface area contributed by atoms with Gasteiger partial charge in [0, 0.05) is 21.4 Å². The van der Waals surface area contributed by atoms with Gasteiger partial charge in [-0.25, -0.2) is 4.39 Å². The van der Waals surface area contributed by atoms with Gasteiger partial charge in [0.05, 0.1) is 0 Å². The summed E-state index contributed by atoms with van der Waals surface area (Å²) < 4.78 is 14.3. The van der Waals surface area contributed by atoms with Crippen molar-refractivity contribution in [2.24, 2.45) is 16.7 Å². The second-order valence-electron chi connectivity index (χ2n) is 7.06. The van der Waals surface area contributed by atoms with Gasteiger partial charge in [0.2, 0.25) is 0 Å². The molecule has 104 valence electrons. The van der Waals surface area contributed by atoms with Crippen LogP contribution in [-0.4, -0.2) is 5.11 Å². The summed E-state index contributed by atoms with van der Waals surface area (Å²) in [5.74, 6) is 0.0643. The standard InChI is InChI=1S/C16H20ClFO/c1-14(2)10-6-7-15(3,9-10)16(14,19)12-5-4-11(17)8-13(12)18/h4-5,8,10,19H,6-7,9H2,1-3H3. The third-order valence-electron chi connectivity index (χ3n) is 5.89. The van der Waals surface area contributed by atoms with Crippen LogP contribution in [-0.2, 0) is 5.60 Å². The summed E-state index contributed by atoms with van der Waals surface area (Å²) in [6, 6.07) is 4.63. The smallest absolute Gasteiger partial charge is 0.130 e. The fraction of sp³-hybridized carbons (Fsp3) is 0.625. The molecule has 0 aromatic heterocycles. The molecule has 19 heavy (non-hydrogen) atoms. The van der Waals surface area contributed by atoms with Crippen molar-refractivity contribution in [2.75, 3.05) is 0 Å². The van der Waals surface area contributed by atoms with E-state index in [4.69, 9.17) is 11.6 Å². The Balaban J connectivity index is 2.21. The molecule has 1 aromatic carbocycles. The summed E-state index contributed by atoms with van der Waals surface area (Å²) in [7, 11) is 0. The second-order valence-corrected chi connectivity index (χ2v) is 7.49. The summed E-state index contributed by atoms with van der Waals surface area (Å²) in [5, 5.41) is 11.8. The average molecular weight is 283 g/mol. The first-order chi connectivity index (χ1) is 8.72. The van der Waals surface area contributed by atoms with E-state index in [1.165, 1.54) is 6.07 Å². The number of rotatable bonds is 1. The van der Waals surface area contributed by atoms with Gasteiger partial charge in [-0.1, -0.05) is 38.4 Å². The van der Waals surface area contributed by atoms with Gasteiger partial charge in [-0.3, -0.25) is 0 Å². The van der Waals surface area contributed by atoms with E-state index >= 15 is 0 Å². The Morgan fingerprint density at radius 2 is 2.00 bits per heavy atom. The summed E-state index contributed by atoms with van der Waals surface area (Å²) in [5.41, 5.74) is -1.26. The van der Waals surface area contributed by atoms with E-state index in [-0.39, 0.29) is 10.8 Å². The van der Waals surface area contributed by atoms with Gasteiger partial charge in [-0.05, 0) is 37.3 Å².